The third-order valence-electron chi connectivity index (χ3n) is 4.00. The number of aromatic amines is 1. The SMILES string of the molecule is CCc1ccc(Nc2n[nH]c3c2CN(C(C)=O)CC3)cc1. The minimum atomic E-state index is 0.111. The summed E-state index contributed by atoms with van der Waals surface area (Å²) >= 11 is 0. The van der Waals surface area contributed by atoms with E-state index in [1.807, 2.05) is 4.90 Å². The Labute approximate surface area is 124 Å². The van der Waals surface area contributed by atoms with Crippen LogP contribution in [0.25, 0.3) is 0 Å². The Bertz CT molecular complexity index is 645. The van der Waals surface area contributed by atoms with Crippen LogP contribution in [-0.4, -0.2) is 27.5 Å². The monoisotopic (exact) mass is 284 g/mol. The van der Waals surface area contributed by atoms with E-state index in [1.54, 1.807) is 6.92 Å². The summed E-state index contributed by atoms with van der Waals surface area (Å²) in [5.41, 5.74) is 4.55. The number of nitrogens with zero attached hydrogens (tertiary/aromatic N) is 2. The van der Waals surface area contributed by atoms with Crippen LogP contribution in [0.5, 0.6) is 0 Å². The molecule has 0 fully saturated rings. The van der Waals surface area contributed by atoms with E-state index < -0.39 is 0 Å². The highest BCUT2D eigenvalue weighted by Gasteiger charge is 2.23. The number of fused-ring (bicyclic) bond motifs is 1. The van der Waals surface area contributed by atoms with Crippen LogP contribution in [0.1, 0.15) is 30.7 Å². The molecule has 0 atom stereocenters. The van der Waals surface area contributed by atoms with E-state index in [-0.39, 0.29) is 5.91 Å². The molecule has 1 amide bonds. The third-order valence-corrected chi connectivity index (χ3v) is 4.00. The van der Waals surface area contributed by atoms with Gasteiger partial charge < -0.3 is 10.2 Å². The number of carbonyl (C=O) groups excluding carboxylic acids is 1. The molecule has 21 heavy (non-hydrogen) atoms. The molecule has 0 saturated carbocycles. The molecule has 5 nitrogen and oxygen atoms in total. The normalized spacial score (nSPS) is 13.9. The number of amides is 1. The van der Waals surface area contributed by atoms with Gasteiger partial charge in [-0.15, -0.1) is 0 Å². The minimum Gasteiger partial charge on any atom is -0.338 e. The van der Waals surface area contributed by atoms with Crippen molar-refractivity contribution in [2.24, 2.45) is 0 Å². The van der Waals surface area contributed by atoms with Crippen molar-refractivity contribution in [2.45, 2.75) is 33.2 Å². The van der Waals surface area contributed by atoms with Crippen molar-refractivity contribution < 1.29 is 4.79 Å². The van der Waals surface area contributed by atoms with Gasteiger partial charge in [0, 0.05) is 36.8 Å². The molecule has 0 aliphatic carbocycles. The molecule has 1 aliphatic rings. The number of anilines is 2. The van der Waals surface area contributed by atoms with Crippen molar-refractivity contribution in [3.63, 3.8) is 0 Å². The third kappa shape index (κ3) is 2.77. The second-order valence-electron chi connectivity index (χ2n) is 5.40. The zero-order valence-corrected chi connectivity index (χ0v) is 12.4. The number of nitrogens with one attached hydrogen (secondary N) is 2. The average Bonchev–Trinajstić information content (AvgIpc) is 2.90. The van der Waals surface area contributed by atoms with E-state index in [2.05, 4.69) is 46.7 Å². The fraction of sp³-hybridized carbons (Fsp3) is 0.375. The van der Waals surface area contributed by atoms with E-state index in [4.69, 9.17) is 0 Å². The molecule has 0 unspecified atom stereocenters. The van der Waals surface area contributed by atoms with Gasteiger partial charge in [-0.2, -0.15) is 5.10 Å². The van der Waals surface area contributed by atoms with Crippen LogP contribution in [0.15, 0.2) is 24.3 Å². The Morgan fingerprint density at radius 2 is 2.14 bits per heavy atom. The molecule has 1 aromatic heterocycles. The number of carbonyl (C=O) groups is 1. The summed E-state index contributed by atoms with van der Waals surface area (Å²) in [4.78, 5) is 13.4. The maximum absolute atomic E-state index is 11.5. The number of hydrogen-bond acceptors (Lipinski definition) is 3. The first-order chi connectivity index (χ1) is 10.2. The molecular formula is C16H20N4O. The van der Waals surface area contributed by atoms with Crippen LogP contribution in [-0.2, 0) is 24.2 Å². The molecule has 3 rings (SSSR count). The first-order valence-electron chi connectivity index (χ1n) is 7.35. The molecular weight excluding hydrogens is 264 g/mol. The Morgan fingerprint density at radius 1 is 1.38 bits per heavy atom. The summed E-state index contributed by atoms with van der Waals surface area (Å²) in [5.74, 6) is 0.931. The lowest BCUT2D eigenvalue weighted by Gasteiger charge is -2.25. The number of rotatable bonds is 3. The molecule has 1 aliphatic heterocycles. The van der Waals surface area contributed by atoms with Crippen molar-refractivity contribution in [1.82, 2.24) is 15.1 Å². The smallest absolute Gasteiger partial charge is 0.219 e. The number of H-pyrrole nitrogens is 1. The van der Waals surface area contributed by atoms with Crippen LogP contribution in [0.4, 0.5) is 11.5 Å². The lowest BCUT2D eigenvalue weighted by molar-refractivity contribution is -0.129. The van der Waals surface area contributed by atoms with Gasteiger partial charge in [0.2, 0.25) is 5.91 Å². The number of aryl methyl sites for hydroxylation is 1. The summed E-state index contributed by atoms with van der Waals surface area (Å²) in [7, 11) is 0. The standard InChI is InChI=1S/C16H20N4O/c1-3-12-4-6-13(7-5-12)17-16-14-10-20(11(2)21)9-8-15(14)18-19-16/h4-7H,3,8-10H2,1-2H3,(H2,17,18,19). The lowest BCUT2D eigenvalue weighted by Crippen LogP contribution is -2.34. The van der Waals surface area contributed by atoms with Crippen LogP contribution in [0, 0.1) is 0 Å². The van der Waals surface area contributed by atoms with Crippen molar-refractivity contribution >= 4 is 17.4 Å². The number of hydrogen-bond donors (Lipinski definition) is 2. The van der Waals surface area contributed by atoms with Crippen LogP contribution in [0.3, 0.4) is 0 Å². The molecule has 0 spiro atoms. The first-order valence-corrected chi connectivity index (χ1v) is 7.35. The van der Waals surface area contributed by atoms with Gasteiger partial charge in [-0.05, 0) is 24.1 Å². The first kappa shape index (κ1) is 13.7. The molecule has 110 valence electrons. The highest BCUT2D eigenvalue weighted by molar-refractivity contribution is 5.74. The summed E-state index contributed by atoms with van der Waals surface area (Å²) < 4.78 is 0. The second kappa shape index (κ2) is 5.60. The largest absolute Gasteiger partial charge is 0.338 e. The van der Waals surface area contributed by atoms with Crippen LogP contribution in [0.2, 0.25) is 0 Å². The Kier molecular flexibility index (Phi) is 3.64. The van der Waals surface area contributed by atoms with Gasteiger partial charge >= 0.3 is 0 Å². The van der Waals surface area contributed by atoms with Gasteiger partial charge in [0.1, 0.15) is 0 Å². The van der Waals surface area contributed by atoms with Gasteiger partial charge in [0.05, 0.1) is 6.54 Å². The summed E-state index contributed by atoms with van der Waals surface area (Å²) in [6.07, 6.45) is 1.87. The zero-order chi connectivity index (χ0) is 14.8. The van der Waals surface area contributed by atoms with E-state index in [9.17, 15) is 4.79 Å². The van der Waals surface area contributed by atoms with Gasteiger partial charge in [0.15, 0.2) is 5.82 Å². The van der Waals surface area contributed by atoms with Crippen molar-refractivity contribution in [2.75, 3.05) is 11.9 Å². The highest BCUT2D eigenvalue weighted by Crippen LogP contribution is 2.26. The summed E-state index contributed by atoms with van der Waals surface area (Å²) in [5, 5.41) is 10.8. The van der Waals surface area contributed by atoms with Crippen molar-refractivity contribution in [1.29, 1.82) is 0 Å². The van der Waals surface area contributed by atoms with Gasteiger partial charge in [-0.25, -0.2) is 0 Å². The van der Waals surface area contributed by atoms with Crippen molar-refractivity contribution in [3.8, 4) is 0 Å². The molecule has 2 aromatic rings. The fourth-order valence-electron chi connectivity index (χ4n) is 2.63. The van der Waals surface area contributed by atoms with Crippen molar-refractivity contribution in [3.05, 3.63) is 41.1 Å². The Balaban J connectivity index is 1.80. The van der Waals surface area contributed by atoms with Crippen LogP contribution >= 0.6 is 0 Å². The highest BCUT2D eigenvalue weighted by atomic mass is 16.2. The molecule has 0 radical (unpaired) electrons. The van der Waals surface area contributed by atoms with Crippen LogP contribution < -0.4 is 5.32 Å². The zero-order valence-electron chi connectivity index (χ0n) is 12.4. The lowest BCUT2D eigenvalue weighted by atomic mass is 10.1. The van der Waals surface area contributed by atoms with Gasteiger partial charge in [-0.3, -0.25) is 9.89 Å². The molecule has 1 aromatic carbocycles. The second-order valence-corrected chi connectivity index (χ2v) is 5.40. The molecule has 2 N–H and O–H groups in total. The average molecular weight is 284 g/mol. The molecule has 0 saturated heterocycles. The molecule has 5 heteroatoms. The summed E-state index contributed by atoms with van der Waals surface area (Å²) in [6.45, 7) is 5.14. The topological polar surface area (TPSA) is 61.0 Å². The summed E-state index contributed by atoms with van der Waals surface area (Å²) in [6, 6.07) is 8.35. The van der Waals surface area contributed by atoms with E-state index in [0.29, 0.717) is 6.54 Å². The minimum absolute atomic E-state index is 0.111. The Hall–Kier alpha value is -2.30. The van der Waals surface area contributed by atoms with E-state index >= 15 is 0 Å². The van der Waals surface area contributed by atoms with Gasteiger partial charge in [-0.1, -0.05) is 19.1 Å². The number of benzene rings is 1. The van der Waals surface area contributed by atoms with Gasteiger partial charge in [0.25, 0.3) is 0 Å². The van der Waals surface area contributed by atoms with E-state index in [1.165, 1.54) is 5.56 Å². The molecule has 0 bridgehead atoms. The maximum atomic E-state index is 11.5. The quantitative estimate of drug-likeness (QED) is 0.911. The predicted octanol–water partition coefficient (Wildman–Crippen LogP) is 2.62. The Morgan fingerprint density at radius 3 is 2.81 bits per heavy atom. The number of aromatic nitrogens is 2. The maximum Gasteiger partial charge on any atom is 0.219 e. The predicted molar refractivity (Wildman–Crippen MR) is 82.5 cm³/mol. The van der Waals surface area contributed by atoms with E-state index in [0.717, 1.165) is 42.1 Å². The fourth-order valence-corrected chi connectivity index (χ4v) is 2.63. The molecule has 2 heterocycles.